The Labute approximate surface area is 122 Å². The van der Waals surface area contributed by atoms with Crippen molar-refractivity contribution in [1.29, 1.82) is 0 Å². The van der Waals surface area contributed by atoms with Gasteiger partial charge in [0.25, 0.3) is 0 Å². The molecule has 21 heavy (non-hydrogen) atoms. The number of nitrogens with zero attached hydrogens (tertiary/aromatic N) is 1. The summed E-state index contributed by atoms with van der Waals surface area (Å²) in [7, 11) is -3.86. The highest BCUT2D eigenvalue weighted by Gasteiger charge is 2.41. The third-order valence-electron chi connectivity index (χ3n) is 3.52. The van der Waals surface area contributed by atoms with Crippen molar-refractivity contribution in [2.24, 2.45) is 5.14 Å². The second-order valence-corrected chi connectivity index (χ2v) is 6.85. The Morgan fingerprint density at radius 2 is 2.00 bits per heavy atom. The van der Waals surface area contributed by atoms with Crippen molar-refractivity contribution in [3.63, 3.8) is 0 Å². The Hall–Kier alpha value is -1.93. The Kier molecular flexibility index (Phi) is 4.29. The van der Waals surface area contributed by atoms with Gasteiger partial charge in [0, 0.05) is 19.4 Å². The molecule has 2 atom stereocenters. The number of sulfonamides is 1. The molecule has 1 amide bonds. The number of hydrogen-bond acceptors (Lipinski definition) is 4. The van der Waals surface area contributed by atoms with Gasteiger partial charge >= 0.3 is 5.97 Å². The number of amides is 1. The molecule has 8 heteroatoms. The molecule has 1 aliphatic rings. The molecule has 0 bridgehead atoms. The molecule has 0 saturated carbocycles. The Bertz CT molecular complexity index is 644. The lowest BCUT2D eigenvalue weighted by atomic mass is 10.1. The van der Waals surface area contributed by atoms with E-state index in [1.165, 1.54) is 0 Å². The van der Waals surface area contributed by atoms with Crippen molar-refractivity contribution < 1.29 is 23.1 Å². The molecule has 1 fully saturated rings. The number of carbonyl (C=O) groups excluding carboxylic acids is 1. The second kappa shape index (κ2) is 5.82. The summed E-state index contributed by atoms with van der Waals surface area (Å²) < 4.78 is 22.7. The zero-order valence-corrected chi connectivity index (χ0v) is 12.0. The number of aliphatic carboxylic acids is 1. The number of carbonyl (C=O) groups is 2. The molecule has 0 aromatic heterocycles. The molecular formula is C13H16N2O5S. The maximum absolute atomic E-state index is 11.9. The van der Waals surface area contributed by atoms with Crippen LogP contribution in [0.4, 0.5) is 0 Å². The predicted octanol–water partition coefficient (Wildman–Crippen LogP) is -0.428. The number of hydrogen-bond donors (Lipinski definition) is 2. The van der Waals surface area contributed by atoms with Crippen molar-refractivity contribution in [3.05, 3.63) is 35.9 Å². The molecule has 0 spiro atoms. The number of primary sulfonamides is 1. The van der Waals surface area contributed by atoms with E-state index in [9.17, 15) is 23.1 Å². The van der Waals surface area contributed by atoms with Crippen LogP contribution in [0.5, 0.6) is 0 Å². The van der Waals surface area contributed by atoms with E-state index in [2.05, 4.69) is 0 Å². The van der Waals surface area contributed by atoms with Crippen LogP contribution in [0.25, 0.3) is 0 Å². The van der Waals surface area contributed by atoms with E-state index in [-0.39, 0.29) is 19.4 Å². The van der Waals surface area contributed by atoms with Gasteiger partial charge in [-0.05, 0) is 5.56 Å². The lowest BCUT2D eigenvalue weighted by Gasteiger charge is -2.24. The first kappa shape index (κ1) is 15.5. The van der Waals surface area contributed by atoms with Crippen LogP contribution in [0.3, 0.4) is 0 Å². The van der Waals surface area contributed by atoms with Crippen LogP contribution in [0.15, 0.2) is 30.3 Å². The number of carboxylic acids is 1. The van der Waals surface area contributed by atoms with Crippen molar-refractivity contribution in [2.45, 2.75) is 24.1 Å². The van der Waals surface area contributed by atoms with Gasteiger partial charge in [0.2, 0.25) is 15.9 Å². The first-order valence-corrected chi connectivity index (χ1v) is 7.98. The predicted molar refractivity (Wildman–Crippen MR) is 74.8 cm³/mol. The van der Waals surface area contributed by atoms with Gasteiger partial charge in [-0.3, -0.25) is 4.79 Å². The summed E-state index contributed by atoms with van der Waals surface area (Å²) in [5, 5.41) is 13.3. The standard InChI is InChI=1S/C13H16N2O5S/c14-21(19,20)10-7-12(16)15(8-10)11(13(17)18)6-9-4-2-1-3-5-9/h1-5,10-11H,6-8H2,(H,17,18)(H2,14,19,20). The van der Waals surface area contributed by atoms with Gasteiger partial charge in [0.15, 0.2) is 0 Å². The first-order valence-electron chi connectivity index (χ1n) is 6.37. The Morgan fingerprint density at radius 3 is 2.48 bits per heavy atom. The van der Waals surface area contributed by atoms with Gasteiger partial charge < -0.3 is 10.0 Å². The van der Waals surface area contributed by atoms with Crippen molar-refractivity contribution >= 4 is 21.9 Å². The highest BCUT2D eigenvalue weighted by atomic mass is 32.2. The molecule has 1 saturated heterocycles. The van der Waals surface area contributed by atoms with Gasteiger partial charge in [0.05, 0.1) is 0 Å². The maximum atomic E-state index is 11.9. The quantitative estimate of drug-likeness (QED) is 0.765. The van der Waals surface area contributed by atoms with Crippen LogP contribution < -0.4 is 5.14 Å². The largest absolute Gasteiger partial charge is 0.480 e. The molecule has 114 valence electrons. The van der Waals surface area contributed by atoms with Crippen molar-refractivity contribution in [3.8, 4) is 0 Å². The molecule has 1 aromatic carbocycles. The summed E-state index contributed by atoms with van der Waals surface area (Å²) >= 11 is 0. The number of rotatable bonds is 5. The molecule has 3 N–H and O–H groups in total. The van der Waals surface area contributed by atoms with Crippen molar-refractivity contribution in [2.75, 3.05) is 6.54 Å². The monoisotopic (exact) mass is 312 g/mol. The lowest BCUT2D eigenvalue weighted by Crippen LogP contribution is -2.44. The van der Waals surface area contributed by atoms with Crippen LogP contribution in [0.2, 0.25) is 0 Å². The summed E-state index contributed by atoms with van der Waals surface area (Å²) in [6, 6.07) is 7.77. The van der Waals surface area contributed by atoms with E-state index in [4.69, 9.17) is 5.14 Å². The summed E-state index contributed by atoms with van der Waals surface area (Å²) in [5.41, 5.74) is 0.761. The van der Waals surface area contributed by atoms with Gasteiger partial charge in [0.1, 0.15) is 11.3 Å². The van der Waals surface area contributed by atoms with Crippen LogP contribution >= 0.6 is 0 Å². The zero-order chi connectivity index (χ0) is 15.6. The Balaban J connectivity index is 2.20. The minimum atomic E-state index is -3.86. The molecule has 1 heterocycles. The number of carboxylic acid groups (broad SMARTS) is 1. The third kappa shape index (κ3) is 3.59. The molecule has 0 radical (unpaired) electrons. The van der Waals surface area contributed by atoms with E-state index in [1.807, 2.05) is 0 Å². The summed E-state index contributed by atoms with van der Waals surface area (Å²) in [5.74, 6) is -1.67. The Morgan fingerprint density at radius 1 is 1.38 bits per heavy atom. The minimum absolute atomic E-state index is 0.124. The van der Waals surface area contributed by atoms with Gasteiger partial charge in [-0.25, -0.2) is 18.4 Å². The van der Waals surface area contributed by atoms with E-state index in [0.29, 0.717) is 0 Å². The molecule has 1 aliphatic heterocycles. The molecule has 7 nitrogen and oxygen atoms in total. The van der Waals surface area contributed by atoms with E-state index in [1.54, 1.807) is 30.3 Å². The maximum Gasteiger partial charge on any atom is 0.326 e. The van der Waals surface area contributed by atoms with E-state index in [0.717, 1.165) is 10.5 Å². The molecule has 2 rings (SSSR count). The molecular weight excluding hydrogens is 296 g/mol. The normalized spacial score (nSPS) is 20.5. The number of nitrogens with two attached hydrogens (primary N) is 1. The summed E-state index contributed by atoms with van der Waals surface area (Å²) in [4.78, 5) is 24.4. The van der Waals surface area contributed by atoms with E-state index >= 15 is 0 Å². The fourth-order valence-corrected chi connectivity index (χ4v) is 3.13. The smallest absolute Gasteiger partial charge is 0.326 e. The first-order chi connectivity index (χ1) is 9.79. The highest BCUT2D eigenvalue weighted by molar-refractivity contribution is 7.89. The van der Waals surface area contributed by atoms with Crippen LogP contribution in [-0.2, 0) is 26.0 Å². The minimum Gasteiger partial charge on any atom is -0.480 e. The topological polar surface area (TPSA) is 118 Å². The van der Waals surface area contributed by atoms with Gasteiger partial charge in [-0.15, -0.1) is 0 Å². The lowest BCUT2D eigenvalue weighted by molar-refractivity contribution is -0.148. The zero-order valence-electron chi connectivity index (χ0n) is 11.2. The molecule has 0 aliphatic carbocycles. The van der Waals surface area contributed by atoms with Crippen LogP contribution in [0.1, 0.15) is 12.0 Å². The average molecular weight is 312 g/mol. The van der Waals surface area contributed by atoms with E-state index < -0.39 is 33.2 Å². The summed E-state index contributed by atoms with van der Waals surface area (Å²) in [6.45, 7) is -0.179. The van der Waals surface area contributed by atoms with Crippen LogP contribution in [0, 0.1) is 0 Å². The number of benzene rings is 1. The summed E-state index contributed by atoms with van der Waals surface area (Å²) in [6.07, 6.45) is -0.142. The van der Waals surface area contributed by atoms with Crippen molar-refractivity contribution in [1.82, 2.24) is 4.90 Å². The molecule has 2 unspecified atom stereocenters. The number of likely N-dealkylation sites (tertiary alicyclic amines) is 1. The second-order valence-electron chi connectivity index (χ2n) is 5.01. The average Bonchev–Trinajstić information content (AvgIpc) is 2.79. The highest BCUT2D eigenvalue weighted by Crippen LogP contribution is 2.21. The SMILES string of the molecule is NS(=O)(=O)C1CC(=O)N(C(Cc2ccccc2)C(=O)O)C1. The van der Waals surface area contributed by atoms with Gasteiger partial charge in [-0.2, -0.15) is 0 Å². The van der Waals surface area contributed by atoms with Crippen LogP contribution in [-0.4, -0.2) is 48.1 Å². The molecule has 1 aromatic rings. The van der Waals surface area contributed by atoms with Gasteiger partial charge in [-0.1, -0.05) is 30.3 Å². The fourth-order valence-electron chi connectivity index (χ4n) is 2.39. The third-order valence-corrected chi connectivity index (χ3v) is 4.77. The fraction of sp³-hybridized carbons (Fsp3) is 0.385.